The summed E-state index contributed by atoms with van der Waals surface area (Å²) in [5.74, 6) is 0.331. The van der Waals surface area contributed by atoms with E-state index in [9.17, 15) is 10.1 Å². The van der Waals surface area contributed by atoms with Gasteiger partial charge in [-0.2, -0.15) is 5.10 Å². The third-order valence-corrected chi connectivity index (χ3v) is 2.99. The molecule has 8 heteroatoms. The topological polar surface area (TPSA) is 99.9 Å². The van der Waals surface area contributed by atoms with Gasteiger partial charge in [-0.05, 0) is 13.8 Å². The Morgan fingerprint density at radius 1 is 1.44 bits per heavy atom. The van der Waals surface area contributed by atoms with Crippen LogP contribution in [0, 0.1) is 24.0 Å². The van der Waals surface area contributed by atoms with Gasteiger partial charge in [0.05, 0.1) is 33.5 Å². The van der Waals surface area contributed by atoms with Crippen molar-refractivity contribution in [1.29, 1.82) is 0 Å². The van der Waals surface area contributed by atoms with Crippen molar-refractivity contribution in [2.45, 2.75) is 13.8 Å². The maximum absolute atomic E-state index is 10.8. The smallest absolute Gasteiger partial charge is 0.276 e. The normalized spacial score (nSPS) is 10.6. The van der Waals surface area contributed by atoms with Gasteiger partial charge in [-0.3, -0.25) is 10.1 Å². The summed E-state index contributed by atoms with van der Waals surface area (Å²) in [5, 5.41) is 15.4. The van der Waals surface area contributed by atoms with Crippen molar-refractivity contribution in [2.24, 2.45) is 0 Å². The van der Waals surface area contributed by atoms with E-state index in [1.807, 2.05) is 0 Å². The van der Waals surface area contributed by atoms with E-state index >= 15 is 0 Å². The van der Waals surface area contributed by atoms with E-state index in [-0.39, 0.29) is 17.3 Å². The van der Waals surface area contributed by atoms with Crippen LogP contribution in [0.4, 0.5) is 11.5 Å². The molecule has 0 fully saturated rings. The molecule has 2 rings (SSSR count). The molecule has 0 bridgehead atoms. The SMILES string of the molecule is Cc1nn(-c2cc([N+](=O)[O-])cc(N)n2)c(C)c1Cl. The highest BCUT2D eigenvalue weighted by atomic mass is 35.5. The molecule has 2 aromatic heterocycles. The van der Waals surface area contributed by atoms with Crippen LogP contribution >= 0.6 is 11.6 Å². The van der Waals surface area contributed by atoms with E-state index in [0.29, 0.717) is 16.4 Å². The Labute approximate surface area is 107 Å². The van der Waals surface area contributed by atoms with E-state index in [0.717, 1.165) is 0 Å². The molecular formula is C10H10ClN5O2. The summed E-state index contributed by atoms with van der Waals surface area (Å²) in [6.07, 6.45) is 0. The van der Waals surface area contributed by atoms with Gasteiger partial charge in [-0.15, -0.1) is 0 Å². The number of hydrogen-bond donors (Lipinski definition) is 1. The molecule has 0 aromatic carbocycles. The van der Waals surface area contributed by atoms with Crippen molar-refractivity contribution in [1.82, 2.24) is 14.8 Å². The molecule has 2 N–H and O–H groups in total. The molecule has 0 aliphatic heterocycles. The molecule has 18 heavy (non-hydrogen) atoms. The van der Waals surface area contributed by atoms with Gasteiger partial charge in [0.25, 0.3) is 5.69 Å². The number of rotatable bonds is 2. The first kappa shape index (κ1) is 12.3. The second-order valence-corrected chi connectivity index (χ2v) is 4.14. The lowest BCUT2D eigenvalue weighted by Gasteiger charge is -2.04. The molecular weight excluding hydrogens is 258 g/mol. The minimum atomic E-state index is -0.533. The number of pyridine rings is 1. The minimum absolute atomic E-state index is 0.0582. The summed E-state index contributed by atoms with van der Waals surface area (Å²) in [5.41, 5.74) is 6.68. The average Bonchev–Trinajstić information content (AvgIpc) is 2.56. The molecule has 2 aromatic rings. The summed E-state index contributed by atoms with van der Waals surface area (Å²) < 4.78 is 1.43. The summed E-state index contributed by atoms with van der Waals surface area (Å²) in [6, 6.07) is 2.49. The Morgan fingerprint density at radius 2 is 2.11 bits per heavy atom. The van der Waals surface area contributed by atoms with Crippen LogP contribution in [0.5, 0.6) is 0 Å². The van der Waals surface area contributed by atoms with Crippen LogP contribution in [0.15, 0.2) is 12.1 Å². The summed E-state index contributed by atoms with van der Waals surface area (Å²) in [4.78, 5) is 14.2. The number of halogens is 1. The molecule has 7 nitrogen and oxygen atoms in total. The number of nitro groups is 1. The molecule has 0 saturated carbocycles. The largest absolute Gasteiger partial charge is 0.383 e. The van der Waals surface area contributed by atoms with Crippen LogP contribution in [0.2, 0.25) is 5.02 Å². The Balaban J connectivity index is 2.63. The number of anilines is 1. The highest BCUT2D eigenvalue weighted by Crippen LogP contribution is 2.24. The van der Waals surface area contributed by atoms with E-state index in [1.54, 1.807) is 13.8 Å². The number of nitrogens with zero attached hydrogens (tertiary/aromatic N) is 4. The Kier molecular flexibility index (Phi) is 2.92. The molecule has 0 atom stereocenters. The summed E-state index contributed by atoms with van der Waals surface area (Å²) in [6.45, 7) is 3.49. The van der Waals surface area contributed by atoms with Gasteiger partial charge in [0, 0.05) is 0 Å². The third kappa shape index (κ3) is 2.00. The zero-order chi connectivity index (χ0) is 13.4. The monoisotopic (exact) mass is 267 g/mol. The van der Waals surface area contributed by atoms with Crippen molar-refractivity contribution in [2.75, 3.05) is 5.73 Å². The fourth-order valence-corrected chi connectivity index (χ4v) is 1.70. The van der Waals surface area contributed by atoms with Crippen molar-refractivity contribution in [3.8, 4) is 5.82 Å². The average molecular weight is 268 g/mol. The highest BCUT2D eigenvalue weighted by Gasteiger charge is 2.16. The minimum Gasteiger partial charge on any atom is -0.383 e. The molecule has 0 spiro atoms. The van der Waals surface area contributed by atoms with Crippen molar-refractivity contribution >= 4 is 23.1 Å². The Morgan fingerprint density at radius 3 is 2.61 bits per heavy atom. The van der Waals surface area contributed by atoms with Gasteiger partial charge in [0.2, 0.25) is 0 Å². The van der Waals surface area contributed by atoms with Crippen molar-refractivity contribution in [3.63, 3.8) is 0 Å². The van der Waals surface area contributed by atoms with Crippen LogP contribution in [-0.2, 0) is 0 Å². The molecule has 0 radical (unpaired) electrons. The van der Waals surface area contributed by atoms with E-state index in [1.165, 1.54) is 16.8 Å². The van der Waals surface area contributed by atoms with Gasteiger partial charge < -0.3 is 5.73 Å². The van der Waals surface area contributed by atoms with Gasteiger partial charge in [0.15, 0.2) is 5.82 Å². The quantitative estimate of drug-likeness (QED) is 0.663. The van der Waals surface area contributed by atoms with E-state index in [4.69, 9.17) is 17.3 Å². The second-order valence-electron chi connectivity index (χ2n) is 3.76. The lowest BCUT2D eigenvalue weighted by molar-refractivity contribution is -0.384. The fraction of sp³-hybridized carbons (Fsp3) is 0.200. The van der Waals surface area contributed by atoms with E-state index < -0.39 is 4.92 Å². The van der Waals surface area contributed by atoms with Crippen molar-refractivity contribution < 1.29 is 4.92 Å². The first-order chi connectivity index (χ1) is 8.40. The number of hydrogen-bond acceptors (Lipinski definition) is 5. The fourth-order valence-electron chi connectivity index (χ4n) is 1.58. The van der Waals surface area contributed by atoms with Crippen LogP contribution in [0.3, 0.4) is 0 Å². The first-order valence-electron chi connectivity index (χ1n) is 5.04. The van der Waals surface area contributed by atoms with Crippen LogP contribution in [-0.4, -0.2) is 19.7 Å². The van der Waals surface area contributed by atoms with Gasteiger partial charge in [-0.1, -0.05) is 11.6 Å². The van der Waals surface area contributed by atoms with Gasteiger partial charge >= 0.3 is 0 Å². The zero-order valence-corrected chi connectivity index (χ0v) is 10.5. The highest BCUT2D eigenvalue weighted by molar-refractivity contribution is 6.31. The molecule has 0 aliphatic carbocycles. The number of nitrogen functional groups attached to an aromatic ring is 1. The third-order valence-electron chi connectivity index (χ3n) is 2.45. The Hall–Kier alpha value is -2.15. The lowest BCUT2D eigenvalue weighted by atomic mass is 10.3. The molecule has 0 saturated heterocycles. The standard InChI is InChI=1S/C10H10ClN5O2/c1-5-10(11)6(2)15(14-5)9-4-7(16(17)18)3-8(12)13-9/h3-4H,1-2H3,(H2,12,13). The maximum atomic E-state index is 10.8. The molecule has 94 valence electrons. The van der Waals surface area contributed by atoms with Crippen LogP contribution < -0.4 is 5.73 Å². The second kappa shape index (κ2) is 4.26. The molecule has 0 unspecified atom stereocenters. The zero-order valence-electron chi connectivity index (χ0n) is 9.72. The molecule has 0 amide bonds. The van der Waals surface area contributed by atoms with Gasteiger partial charge in [0.1, 0.15) is 5.82 Å². The molecule has 2 heterocycles. The van der Waals surface area contributed by atoms with E-state index in [2.05, 4.69) is 10.1 Å². The summed E-state index contributed by atoms with van der Waals surface area (Å²) >= 11 is 6.01. The number of nitrogens with two attached hydrogens (primary N) is 1. The number of aryl methyl sites for hydroxylation is 1. The van der Waals surface area contributed by atoms with Crippen molar-refractivity contribution in [3.05, 3.63) is 38.7 Å². The maximum Gasteiger partial charge on any atom is 0.276 e. The lowest BCUT2D eigenvalue weighted by Crippen LogP contribution is -2.05. The predicted octanol–water partition coefficient (Wildman–Crippen LogP) is 2.03. The van der Waals surface area contributed by atoms with Crippen LogP contribution in [0.25, 0.3) is 5.82 Å². The molecule has 0 aliphatic rings. The summed E-state index contributed by atoms with van der Waals surface area (Å²) in [7, 11) is 0. The number of aromatic nitrogens is 3. The van der Waals surface area contributed by atoms with Gasteiger partial charge in [-0.25, -0.2) is 9.67 Å². The first-order valence-corrected chi connectivity index (χ1v) is 5.42. The Bertz CT molecular complexity index is 637. The van der Waals surface area contributed by atoms with Crippen LogP contribution in [0.1, 0.15) is 11.4 Å². The predicted molar refractivity (Wildman–Crippen MR) is 66.9 cm³/mol.